The Balaban J connectivity index is 1.94. The number of rotatable bonds is 3. The van der Waals surface area contributed by atoms with Crippen molar-refractivity contribution in [3.8, 4) is 0 Å². The molecule has 4 rings (SSSR count). The quantitative estimate of drug-likeness (QED) is 0.516. The van der Waals surface area contributed by atoms with Gasteiger partial charge in [-0.3, -0.25) is 0 Å². The fraction of sp³-hybridized carbons (Fsp3) is 0.100. The number of para-hydroxylation sites is 1. The van der Waals surface area contributed by atoms with E-state index in [2.05, 4.69) is 4.98 Å². The van der Waals surface area contributed by atoms with Crippen LogP contribution in [0.25, 0.3) is 21.9 Å². The maximum Gasteiger partial charge on any atom is 0.339 e. The minimum Gasteiger partial charge on any atom is -0.465 e. The number of hydrogen-bond acceptors (Lipinski definition) is 3. The van der Waals surface area contributed by atoms with Crippen LogP contribution >= 0.6 is 0 Å². The summed E-state index contributed by atoms with van der Waals surface area (Å²) < 4.78 is 33.9. The fourth-order valence-corrected chi connectivity index (χ4v) is 3.13. The molecule has 0 atom stereocenters. The molecular weight excluding hydrogens is 338 g/mol. The van der Waals surface area contributed by atoms with Gasteiger partial charge in [-0.15, -0.1) is 0 Å². The zero-order chi connectivity index (χ0) is 18.3. The van der Waals surface area contributed by atoms with E-state index in [1.807, 2.05) is 28.8 Å². The van der Waals surface area contributed by atoms with E-state index < -0.39 is 17.6 Å². The molecule has 2 aromatic carbocycles. The van der Waals surface area contributed by atoms with E-state index in [4.69, 9.17) is 4.74 Å². The first kappa shape index (κ1) is 16.2. The lowest BCUT2D eigenvalue weighted by molar-refractivity contribution is 0.0600. The van der Waals surface area contributed by atoms with Crippen molar-refractivity contribution in [1.82, 2.24) is 9.55 Å². The molecule has 0 unspecified atom stereocenters. The highest BCUT2D eigenvalue weighted by molar-refractivity contribution is 6.08. The van der Waals surface area contributed by atoms with Crippen LogP contribution < -0.4 is 0 Å². The molecule has 2 heterocycles. The summed E-state index contributed by atoms with van der Waals surface area (Å²) in [6.45, 7) is 0.195. The van der Waals surface area contributed by atoms with Crippen LogP contribution in [-0.2, 0) is 11.3 Å². The second-order valence-corrected chi connectivity index (χ2v) is 5.93. The van der Waals surface area contributed by atoms with Gasteiger partial charge in [0.2, 0.25) is 0 Å². The summed E-state index contributed by atoms with van der Waals surface area (Å²) in [5, 5.41) is 1.66. The standard InChI is InChI=1S/C20H14F2N2O2/c1-26-20(25)13-8-16-15-4-2-3-5-18(15)24(19(16)23-10-13)11-12-6-7-14(21)9-17(12)22/h2-10H,11H2,1H3. The van der Waals surface area contributed by atoms with E-state index in [0.717, 1.165) is 22.4 Å². The van der Waals surface area contributed by atoms with Crippen LogP contribution in [0.2, 0.25) is 0 Å². The van der Waals surface area contributed by atoms with Gasteiger partial charge < -0.3 is 9.30 Å². The molecule has 0 N–H and O–H groups in total. The highest BCUT2D eigenvalue weighted by Gasteiger charge is 2.16. The van der Waals surface area contributed by atoms with Crippen LogP contribution in [0.3, 0.4) is 0 Å². The second-order valence-electron chi connectivity index (χ2n) is 5.93. The number of aromatic nitrogens is 2. The van der Waals surface area contributed by atoms with Crippen molar-refractivity contribution < 1.29 is 18.3 Å². The normalized spacial score (nSPS) is 11.2. The average Bonchev–Trinajstić information content (AvgIpc) is 2.96. The van der Waals surface area contributed by atoms with Gasteiger partial charge in [0.25, 0.3) is 0 Å². The van der Waals surface area contributed by atoms with Crippen molar-refractivity contribution in [2.45, 2.75) is 6.54 Å². The Labute approximate surface area is 147 Å². The van der Waals surface area contributed by atoms with Crippen LogP contribution in [-0.4, -0.2) is 22.6 Å². The van der Waals surface area contributed by atoms with Crippen LogP contribution in [0.5, 0.6) is 0 Å². The van der Waals surface area contributed by atoms with E-state index in [-0.39, 0.29) is 6.54 Å². The lowest BCUT2D eigenvalue weighted by atomic mass is 10.1. The van der Waals surface area contributed by atoms with Crippen LogP contribution in [0, 0.1) is 11.6 Å². The number of fused-ring (bicyclic) bond motifs is 3. The lowest BCUT2D eigenvalue weighted by Gasteiger charge is -2.08. The average molecular weight is 352 g/mol. The number of carbonyl (C=O) groups excluding carboxylic acids is 1. The Morgan fingerprint density at radius 2 is 1.92 bits per heavy atom. The van der Waals surface area contributed by atoms with Crippen LogP contribution in [0.4, 0.5) is 8.78 Å². The number of ether oxygens (including phenoxy) is 1. The first-order valence-corrected chi connectivity index (χ1v) is 7.97. The first-order valence-electron chi connectivity index (χ1n) is 7.97. The van der Waals surface area contributed by atoms with Gasteiger partial charge in [0.15, 0.2) is 0 Å². The topological polar surface area (TPSA) is 44.1 Å². The largest absolute Gasteiger partial charge is 0.465 e. The van der Waals surface area contributed by atoms with Crippen molar-refractivity contribution in [1.29, 1.82) is 0 Å². The molecule has 0 saturated heterocycles. The Kier molecular flexibility index (Phi) is 3.88. The maximum absolute atomic E-state index is 14.1. The SMILES string of the molecule is COC(=O)c1cnc2c(c1)c1ccccc1n2Cc1ccc(F)cc1F. The Morgan fingerprint density at radius 1 is 1.12 bits per heavy atom. The van der Waals surface area contributed by atoms with Gasteiger partial charge in [-0.1, -0.05) is 24.3 Å². The van der Waals surface area contributed by atoms with Gasteiger partial charge in [0, 0.05) is 28.6 Å². The van der Waals surface area contributed by atoms with Crippen molar-refractivity contribution in [3.05, 3.63) is 77.5 Å². The molecule has 0 radical (unpaired) electrons. The molecule has 6 heteroatoms. The van der Waals surface area contributed by atoms with Crippen LogP contribution in [0.15, 0.2) is 54.7 Å². The number of benzene rings is 2. The molecule has 0 amide bonds. The minimum absolute atomic E-state index is 0.195. The number of hydrogen-bond donors (Lipinski definition) is 0. The summed E-state index contributed by atoms with van der Waals surface area (Å²) in [6, 6.07) is 12.8. The summed E-state index contributed by atoms with van der Waals surface area (Å²) in [6.07, 6.45) is 1.44. The Bertz CT molecular complexity index is 1150. The maximum atomic E-state index is 14.1. The second kappa shape index (κ2) is 6.22. The molecule has 4 aromatic rings. The zero-order valence-electron chi connectivity index (χ0n) is 13.9. The fourth-order valence-electron chi connectivity index (χ4n) is 3.13. The van der Waals surface area contributed by atoms with E-state index in [1.165, 1.54) is 25.4 Å². The summed E-state index contributed by atoms with van der Waals surface area (Å²) in [5.41, 5.74) is 2.16. The van der Waals surface area contributed by atoms with E-state index in [1.54, 1.807) is 6.07 Å². The summed E-state index contributed by atoms with van der Waals surface area (Å²) in [5.74, 6) is -1.70. The monoisotopic (exact) mass is 352 g/mol. The van der Waals surface area contributed by atoms with Gasteiger partial charge in [-0.05, 0) is 18.2 Å². The van der Waals surface area contributed by atoms with E-state index in [0.29, 0.717) is 16.8 Å². The molecule has 0 aliphatic carbocycles. The van der Waals surface area contributed by atoms with Gasteiger partial charge in [-0.25, -0.2) is 18.6 Å². The molecule has 0 fully saturated rings. The predicted molar refractivity (Wildman–Crippen MR) is 94.0 cm³/mol. The van der Waals surface area contributed by atoms with Crippen molar-refractivity contribution in [2.75, 3.05) is 7.11 Å². The number of esters is 1. The van der Waals surface area contributed by atoms with Gasteiger partial charge in [0.05, 0.1) is 24.7 Å². The third kappa shape index (κ3) is 2.60. The number of halogens is 2. The molecule has 0 bridgehead atoms. The third-order valence-electron chi connectivity index (χ3n) is 4.37. The third-order valence-corrected chi connectivity index (χ3v) is 4.37. The van der Waals surface area contributed by atoms with E-state index >= 15 is 0 Å². The molecule has 130 valence electrons. The smallest absolute Gasteiger partial charge is 0.339 e. The number of methoxy groups -OCH3 is 1. The van der Waals surface area contributed by atoms with Gasteiger partial charge in [-0.2, -0.15) is 0 Å². The molecule has 0 spiro atoms. The summed E-state index contributed by atoms with van der Waals surface area (Å²) >= 11 is 0. The molecule has 0 aliphatic heterocycles. The highest BCUT2D eigenvalue weighted by atomic mass is 19.1. The van der Waals surface area contributed by atoms with E-state index in [9.17, 15) is 13.6 Å². The zero-order valence-corrected chi connectivity index (χ0v) is 13.9. The molecule has 0 aliphatic rings. The first-order chi connectivity index (χ1) is 12.6. The minimum atomic E-state index is -0.616. The number of carbonyl (C=O) groups is 1. The summed E-state index contributed by atoms with van der Waals surface area (Å²) in [4.78, 5) is 16.2. The number of nitrogens with zero attached hydrogens (tertiary/aromatic N) is 2. The lowest BCUT2D eigenvalue weighted by Crippen LogP contribution is -2.05. The van der Waals surface area contributed by atoms with Crippen LogP contribution in [0.1, 0.15) is 15.9 Å². The molecule has 26 heavy (non-hydrogen) atoms. The predicted octanol–water partition coefficient (Wildman–Crippen LogP) is 4.30. The highest BCUT2D eigenvalue weighted by Crippen LogP contribution is 2.29. The van der Waals surface area contributed by atoms with Gasteiger partial charge in [0.1, 0.15) is 17.3 Å². The van der Waals surface area contributed by atoms with Crippen molar-refractivity contribution in [3.63, 3.8) is 0 Å². The summed E-state index contributed by atoms with van der Waals surface area (Å²) in [7, 11) is 1.31. The molecule has 4 nitrogen and oxygen atoms in total. The molecule has 2 aromatic heterocycles. The van der Waals surface area contributed by atoms with Gasteiger partial charge >= 0.3 is 5.97 Å². The molecule has 0 saturated carbocycles. The molecular formula is C20H14F2N2O2. The number of pyridine rings is 1. The van der Waals surface area contributed by atoms with Crippen molar-refractivity contribution in [2.24, 2.45) is 0 Å². The Hall–Kier alpha value is -3.28. The Morgan fingerprint density at radius 3 is 2.69 bits per heavy atom. The van der Waals surface area contributed by atoms with Crippen molar-refractivity contribution >= 4 is 27.9 Å².